The van der Waals surface area contributed by atoms with Crippen molar-refractivity contribution in [1.29, 1.82) is 0 Å². The molecule has 0 unspecified atom stereocenters. The van der Waals surface area contributed by atoms with Gasteiger partial charge in [0.25, 0.3) is 11.6 Å². The maximum Gasteiger partial charge on any atom is 0.318 e. The molecular formula is C15H11N5O7. The minimum Gasteiger partial charge on any atom is -0.502 e. The molecule has 0 radical (unpaired) electrons. The molecule has 2 aromatic rings. The van der Waals surface area contributed by atoms with Gasteiger partial charge < -0.3 is 10.8 Å². The van der Waals surface area contributed by atoms with Crippen LogP contribution in [0.1, 0.15) is 26.3 Å². The Bertz CT molecular complexity index is 969. The standard InChI is InChI=1S/C15H11N5O7/c16-14(22)9-3-1-8(2-4-9)7-17-18-15(23)11-5-10(19(24)25)6-12(13(11)21)20(26)27/h1-7,21H,(H2,16,22)(H,18,23)/b17-7+. The van der Waals surface area contributed by atoms with E-state index in [4.69, 9.17) is 5.73 Å². The summed E-state index contributed by atoms with van der Waals surface area (Å²) in [6, 6.07) is 7.07. The van der Waals surface area contributed by atoms with E-state index in [1.165, 1.54) is 30.5 Å². The first-order valence-corrected chi connectivity index (χ1v) is 7.09. The number of carbonyl (C=O) groups is 2. The highest BCUT2D eigenvalue weighted by Crippen LogP contribution is 2.34. The van der Waals surface area contributed by atoms with Crippen LogP contribution < -0.4 is 11.2 Å². The van der Waals surface area contributed by atoms with Gasteiger partial charge in [0.2, 0.25) is 11.7 Å². The van der Waals surface area contributed by atoms with Crippen molar-refractivity contribution in [3.8, 4) is 5.75 Å². The van der Waals surface area contributed by atoms with Crippen LogP contribution in [0.5, 0.6) is 5.75 Å². The van der Waals surface area contributed by atoms with Crippen LogP contribution in [0.25, 0.3) is 0 Å². The molecule has 0 aromatic heterocycles. The molecule has 2 aromatic carbocycles. The first-order valence-electron chi connectivity index (χ1n) is 7.09. The van der Waals surface area contributed by atoms with Gasteiger partial charge in [-0.3, -0.25) is 29.8 Å². The van der Waals surface area contributed by atoms with E-state index >= 15 is 0 Å². The second kappa shape index (κ2) is 7.69. The zero-order valence-electron chi connectivity index (χ0n) is 13.4. The molecule has 138 valence electrons. The number of carbonyl (C=O) groups excluding carboxylic acids is 2. The van der Waals surface area contributed by atoms with Gasteiger partial charge in [-0.1, -0.05) is 12.1 Å². The molecule has 0 saturated heterocycles. The Labute approximate surface area is 150 Å². The molecule has 2 amide bonds. The lowest BCUT2D eigenvalue weighted by molar-refractivity contribution is -0.394. The molecule has 4 N–H and O–H groups in total. The Kier molecular flexibility index (Phi) is 5.41. The maximum absolute atomic E-state index is 12.1. The number of nitrogens with two attached hydrogens (primary N) is 1. The number of hydrogen-bond acceptors (Lipinski definition) is 8. The van der Waals surface area contributed by atoms with Crippen molar-refractivity contribution in [3.63, 3.8) is 0 Å². The normalized spacial score (nSPS) is 10.5. The minimum absolute atomic E-state index is 0.269. The molecule has 2 rings (SSSR count). The first-order chi connectivity index (χ1) is 12.7. The lowest BCUT2D eigenvalue weighted by atomic mass is 10.1. The SMILES string of the molecule is NC(=O)c1ccc(/C=N/NC(=O)c2cc([N+](=O)[O-])cc([N+](=O)[O-])c2O)cc1. The molecule has 0 bridgehead atoms. The van der Waals surface area contributed by atoms with Crippen LogP contribution in [0.2, 0.25) is 0 Å². The van der Waals surface area contributed by atoms with Crippen LogP contribution in [0.4, 0.5) is 11.4 Å². The molecule has 0 aliphatic rings. The Morgan fingerprint density at radius 3 is 2.26 bits per heavy atom. The van der Waals surface area contributed by atoms with Crippen LogP contribution in [0, 0.1) is 20.2 Å². The van der Waals surface area contributed by atoms with Gasteiger partial charge in [-0.15, -0.1) is 0 Å². The summed E-state index contributed by atoms with van der Waals surface area (Å²) < 4.78 is 0. The summed E-state index contributed by atoms with van der Waals surface area (Å²) in [5.41, 5.74) is 5.43. The van der Waals surface area contributed by atoms with Crippen molar-refractivity contribution in [2.24, 2.45) is 10.8 Å². The van der Waals surface area contributed by atoms with E-state index in [-0.39, 0.29) is 5.56 Å². The highest BCUT2D eigenvalue weighted by atomic mass is 16.6. The zero-order valence-corrected chi connectivity index (χ0v) is 13.4. The molecule has 0 atom stereocenters. The maximum atomic E-state index is 12.1. The average Bonchev–Trinajstić information content (AvgIpc) is 2.61. The number of hydrazone groups is 1. The summed E-state index contributed by atoms with van der Waals surface area (Å²) in [4.78, 5) is 42.8. The minimum atomic E-state index is -1.09. The molecule has 0 aliphatic carbocycles. The van der Waals surface area contributed by atoms with Crippen LogP contribution >= 0.6 is 0 Å². The topological polar surface area (TPSA) is 191 Å². The molecular weight excluding hydrogens is 362 g/mol. The third-order valence-corrected chi connectivity index (χ3v) is 3.30. The van der Waals surface area contributed by atoms with E-state index in [0.29, 0.717) is 17.7 Å². The number of benzene rings is 2. The number of phenolic OH excluding ortho intramolecular Hbond substituents is 1. The second-order valence-corrected chi connectivity index (χ2v) is 5.06. The van der Waals surface area contributed by atoms with Gasteiger partial charge in [-0.25, -0.2) is 5.43 Å². The predicted octanol–water partition coefficient (Wildman–Crippen LogP) is 1.07. The number of amides is 2. The fourth-order valence-corrected chi connectivity index (χ4v) is 1.98. The molecule has 0 fully saturated rings. The van der Waals surface area contributed by atoms with Crippen molar-refractivity contribution in [2.75, 3.05) is 0 Å². The molecule has 0 saturated carbocycles. The van der Waals surface area contributed by atoms with Gasteiger partial charge in [-0.2, -0.15) is 5.10 Å². The smallest absolute Gasteiger partial charge is 0.318 e. The van der Waals surface area contributed by atoms with Crippen LogP contribution in [-0.4, -0.2) is 33.0 Å². The number of primary amides is 1. The Hall–Kier alpha value is -4.35. The molecule has 0 spiro atoms. The molecule has 12 heteroatoms. The number of hydrogen-bond donors (Lipinski definition) is 3. The Balaban J connectivity index is 2.23. The third-order valence-electron chi connectivity index (χ3n) is 3.30. The summed E-state index contributed by atoms with van der Waals surface area (Å²) in [5, 5.41) is 35.1. The van der Waals surface area contributed by atoms with Gasteiger partial charge in [-0.05, 0) is 17.7 Å². The quantitative estimate of drug-likeness (QED) is 0.383. The largest absolute Gasteiger partial charge is 0.502 e. The van der Waals surface area contributed by atoms with Crippen LogP contribution in [0.3, 0.4) is 0 Å². The lowest BCUT2D eigenvalue weighted by Crippen LogP contribution is -2.18. The summed E-state index contributed by atoms with van der Waals surface area (Å²) in [5.74, 6) is -2.73. The number of aromatic hydroxyl groups is 1. The van der Waals surface area contributed by atoms with Gasteiger partial charge in [0, 0.05) is 11.6 Å². The van der Waals surface area contributed by atoms with Gasteiger partial charge in [0.15, 0.2) is 0 Å². The van der Waals surface area contributed by atoms with Crippen molar-refractivity contribution in [3.05, 3.63) is 73.3 Å². The van der Waals surface area contributed by atoms with Crippen LogP contribution in [-0.2, 0) is 0 Å². The fraction of sp³-hybridized carbons (Fsp3) is 0. The van der Waals surface area contributed by atoms with Gasteiger partial charge >= 0.3 is 5.69 Å². The Morgan fingerprint density at radius 2 is 1.74 bits per heavy atom. The Morgan fingerprint density at radius 1 is 1.11 bits per heavy atom. The zero-order chi connectivity index (χ0) is 20.1. The highest BCUT2D eigenvalue weighted by Gasteiger charge is 2.27. The van der Waals surface area contributed by atoms with E-state index in [2.05, 4.69) is 5.10 Å². The van der Waals surface area contributed by atoms with E-state index in [0.717, 1.165) is 0 Å². The number of rotatable bonds is 6. The highest BCUT2D eigenvalue weighted by molar-refractivity contribution is 5.99. The summed E-state index contributed by atoms with van der Waals surface area (Å²) in [6.07, 6.45) is 1.19. The number of nitro groups is 2. The number of nitrogens with zero attached hydrogens (tertiary/aromatic N) is 3. The predicted molar refractivity (Wildman–Crippen MR) is 91.4 cm³/mol. The fourth-order valence-electron chi connectivity index (χ4n) is 1.98. The number of non-ortho nitro benzene ring substituents is 1. The number of nitrogens with one attached hydrogen (secondary N) is 1. The summed E-state index contributed by atoms with van der Waals surface area (Å²) in [6.45, 7) is 0. The molecule has 12 nitrogen and oxygen atoms in total. The lowest BCUT2D eigenvalue weighted by Gasteiger charge is -2.04. The van der Waals surface area contributed by atoms with Gasteiger partial charge in [0.1, 0.15) is 0 Å². The second-order valence-electron chi connectivity index (χ2n) is 5.06. The number of phenols is 1. The van der Waals surface area contributed by atoms with Crippen molar-refractivity contribution >= 4 is 29.4 Å². The molecule has 27 heavy (non-hydrogen) atoms. The first kappa shape index (κ1) is 19.0. The molecule has 0 heterocycles. The van der Waals surface area contributed by atoms with E-state index in [1.807, 2.05) is 5.43 Å². The van der Waals surface area contributed by atoms with Crippen molar-refractivity contribution in [2.45, 2.75) is 0 Å². The van der Waals surface area contributed by atoms with Crippen LogP contribution in [0.15, 0.2) is 41.5 Å². The third kappa shape index (κ3) is 4.39. The van der Waals surface area contributed by atoms with Crippen molar-refractivity contribution < 1.29 is 24.5 Å². The number of nitro benzene ring substituents is 2. The van der Waals surface area contributed by atoms with Gasteiger partial charge in [0.05, 0.1) is 27.7 Å². The van der Waals surface area contributed by atoms with E-state index in [1.54, 1.807) is 0 Å². The monoisotopic (exact) mass is 373 g/mol. The summed E-state index contributed by atoms with van der Waals surface area (Å²) in [7, 11) is 0. The summed E-state index contributed by atoms with van der Waals surface area (Å²) >= 11 is 0. The van der Waals surface area contributed by atoms with Crippen molar-refractivity contribution in [1.82, 2.24) is 5.43 Å². The van der Waals surface area contributed by atoms with E-state index in [9.17, 15) is 34.9 Å². The van der Waals surface area contributed by atoms with E-state index < -0.39 is 44.3 Å². The molecule has 0 aliphatic heterocycles. The average molecular weight is 373 g/mol.